The molecule has 0 aliphatic heterocycles. The first kappa shape index (κ1) is 10.4. The van der Waals surface area contributed by atoms with Crippen LogP contribution in [0.15, 0.2) is 6.07 Å². The molecule has 0 fully saturated rings. The third-order valence-electron chi connectivity index (χ3n) is 1.49. The summed E-state index contributed by atoms with van der Waals surface area (Å²) in [4.78, 5) is 18.4. The van der Waals surface area contributed by atoms with Gasteiger partial charge in [0.05, 0.1) is 18.7 Å². The van der Waals surface area contributed by atoms with E-state index in [9.17, 15) is 4.79 Å². The number of carboxylic acid groups (broad SMARTS) is 1. The van der Waals surface area contributed by atoms with Crippen LogP contribution in [-0.4, -0.2) is 27.7 Å². The number of carbonyl (C=O) groups is 1. The molecule has 5 nitrogen and oxygen atoms in total. The number of rotatable bonds is 4. The molecule has 0 saturated heterocycles. The van der Waals surface area contributed by atoms with Crippen LogP contribution in [0.1, 0.15) is 18.4 Å². The molecule has 0 spiro atoms. The van der Waals surface area contributed by atoms with Crippen LogP contribution in [-0.2, 0) is 11.2 Å². The van der Waals surface area contributed by atoms with E-state index in [1.54, 1.807) is 13.0 Å². The Hall–Kier alpha value is -1.65. The summed E-state index contributed by atoms with van der Waals surface area (Å²) in [7, 11) is 0. The van der Waals surface area contributed by atoms with Crippen molar-refractivity contribution in [1.29, 1.82) is 0 Å². The van der Waals surface area contributed by atoms with E-state index >= 15 is 0 Å². The highest BCUT2D eigenvalue weighted by atomic mass is 16.5. The second-order valence-electron chi connectivity index (χ2n) is 2.75. The summed E-state index contributed by atoms with van der Waals surface area (Å²) in [5, 5.41) is 8.58. The fourth-order valence-electron chi connectivity index (χ4n) is 1.07. The first-order chi connectivity index (χ1) is 6.61. The van der Waals surface area contributed by atoms with Gasteiger partial charge >= 0.3 is 5.97 Å². The molecule has 1 heterocycles. The highest BCUT2D eigenvalue weighted by Crippen LogP contribution is 2.09. The van der Waals surface area contributed by atoms with Gasteiger partial charge in [-0.05, 0) is 13.8 Å². The number of ether oxygens (including phenoxy) is 1. The summed E-state index contributed by atoms with van der Waals surface area (Å²) in [5.74, 6) is 0.0361. The average molecular weight is 196 g/mol. The lowest BCUT2D eigenvalue weighted by atomic mass is 10.3. The maximum Gasteiger partial charge on any atom is 0.309 e. The van der Waals surface area contributed by atoms with Gasteiger partial charge in [-0.25, -0.2) is 4.98 Å². The van der Waals surface area contributed by atoms with Gasteiger partial charge in [-0.1, -0.05) is 0 Å². The van der Waals surface area contributed by atoms with Gasteiger partial charge in [0.15, 0.2) is 0 Å². The Balaban J connectivity index is 2.88. The normalized spacial score (nSPS) is 9.86. The van der Waals surface area contributed by atoms with Crippen molar-refractivity contribution in [2.24, 2.45) is 0 Å². The summed E-state index contributed by atoms with van der Waals surface area (Å²) in [5.41, 5.74) is 0.466. The predicted molar refractivity (Wildman–Crippen MR) is 49.3 cm³/mol. The fourth-order valence-corrected chi connectivity index (χ4v) is 1.07. The minimum Gasteiger partial charge on any atom is -0.481 e. The predicted octanol–water partition coefficient (Wildman–Crippen LogP) is 0.811. The van der Waals surface area contributed by atoms with Gasteiger partial charge in [0.1, 0.15) is 5.82 Å². The zero-order chi connectivity index (χ0) is 10.6. The van der Waals surface area contributed by atoms with Crippen molar-refractivity contribution in [3.63, 3.8) is 0 Å². The van der Waals surface area contributed by atoms with Gasteiger partial charge in [0.25, 0.3) is 0 Å². The SMILES string of the molecule is CCOc1cc(CC(=O)O)nc(C)n1. The number of hydrogen-bond donors (Lipinski definition) is 1. The molecule has 0 aromatic carbocycles. The topological polar surface area (TPSA) is 72.3 Å². The summed E-state index contributed by atoms with van der Waals surface area (Å²) >= 11 is 0. The van der Waals surface area contributed by atoms with Crippen molar-refractivity contribution < 1.29 is 14.6 Å². The molecular formula is C9H12N2O3. The third kappa shape index (κ3) is 3.01. The molecule has 1 aromatic rings. The first-order valence-electron chi connectivity index (χ1n) is 4.31. The van der Waals surface area contributed by atoms with Gasteiger partial charge in [-0.2, -0.15) is 4.98 Å². The second-order valence-corrected chi connectivity index (χ2v) is 2.75. The number of carboxylic acids is 1. The van der Waals surface area contributed by atoms with Crippen molar-refractivity contribution in [2.75, 3.05) is 6.61 Å². The molecule has 0 atom stereocenters. The van der Waals surface area contributed by atoms with E-state index in [0.717, 1.165) is 0 Å². The van der Waals surface area contributed by atoms with E-state index in [1.165, 1.54) is 0 Å². The van der Waals surface area contributed by atoms with E-state index in [4.69, 9.17) is 9.84 Å². The quantitative estimate of drug-likeness (QED) is 0.771. The molecule has 76 valence electrons. The van der Waals surface area contributed by atoms with E-state index in [2.05, 4.69) is 9.97 Å². The lowest BCUT2D eigenvalue weighted by Crippen LogP contribution is -2.06. The molecule has 1 N–H and O–H groups in total. The van der Waals surface area contributed by atoms with Crippen molar-refractivity contribution in [1.82, 2.24) is 9.97 Å². The first-order valence-corrected chi connectivity index (χ1v) is 4.31. The summed E-state index contributed by atoms with van der Waals surface area (Å²) in [6, 6.07) is 1.55. The molecule has 1 rings (SSSR count). The van der Waals surface area contributed by atoms with Crippen molar-refractivity contribution >= 4 is 5.97 Å². The lowest BCUT2D eigenvalue weighted by Gasteiger charge is -2.04. The highest BCUT2D eigenvalue weighted by Gasteiger charge is 2.06. The Kier molecular flexibility index (Phi) is 3.39. The molecule has 0 aliphatic carbocycles. The van der Waals surface area contributed by atoms with Crippen molar-refractivity contribution in [3.8, 4) is 5.88 Å². The van der Waals surface area contributed by atoms with Crippen molar-refractivity contribution in [3.05, 3.63) is 17.6 Å². The molecule has 0 unspecified atom stereocenters. The van der Waals surface area contributed by atoms with Gasteiger partial charge in [0.2, 0.25) is 5.88 Å². The van der Waals surface area contributed by atoms with Crippen LogP contribution in [0.4, 0.5) is 0 Å². The largest absolute Gasteiger partial charge is 0.481 e. The Morgan fingerprint density at radius 2 is 2.29 bits per heavy atom. The lowest BCUT2D eigenvalue weighted by molar-refractivity contribution is -0.136. The van der Waals surface area contributed by atoms with Crippen LogP contribution in [0.2, 0.25) is 0 Å². The molecule has 0 amide bonds. The van der Waals surface area contributed by atoms with Crippen LogP contribution >= 0.6 is 0 Å². The molecule has 0 saturated carbocycles. The summed E-state index contributed by atoms with van der Waals surface area (Å²) in [6.45, 7) is 4.05. The molecule has 1 aromatic heterocycles. The minimum absolute atomic E-state index is 0.108. The molecule has 0 aliphatic rings. The van der Waals surface area contributed by atoms with E-state index in [0.29, 0.717) is 24.0 Å². The average Bonchev–Trinajstić information content (AvgIpc) is 2.01. The van der Waals surface area contributed by atoms with Gasteiger partial charge < -0.3 is 9.84 Å². The maximum absolute atomic E-state index is 10.4. The summed E-state index contributed by atoms with van der Waals surface area (Å²) < 4.78 is 5.16. The fraction of sp³-hybridized carbons (Fsp3) is 0.444. The number of hydrogen-bond acceptors (Lipinski definition) is 4. The van der Waals surface area contributed by atoms with Gasteiger partial charge in [-0.15, -0.1) is 0 Å². The Morgan fingerprint density at radius 1 is 1.57 bits per heavy atom. The molecule has 14 heavy (non-hydrogen) atoms. The summed E-state index contributed by atoms with van der Waals surface area (Å²) in [6.07, 6.45) is -0.108. The maximum atomic E-state index is 10.4. The Labute approximate surface area is 81.8 Å². The van der Waals surface area contributed by atoms with Crippen LogP contribution < -0.4 is 4.74 Å². The Bertz CT molecular complexity index is 339. The number of nitrogens with zero attached hydrogens (tertiary/aromatic N) is 2. The second kappa shape index (κ2) is 4.55. The van der Waals surface area contributed by atoms with Gasteiger partial charge in [-0.3, -0.25) is 4.79 Å². The monoisotopic (exact) mass is 196 g/mol. The molecule has 0 radical (unpaired) electrons. The van der Waals surface area contributed by atoms with Gasteiger partial charge in [0, 0.05) is 6.07 Å². The number of aryl methyl sites for hydroxylation is 1. The zero-order valence-electron chi connectivity index (χ0n) is 8.15. The van der Waals surface area contributed by atoms with E-state index in [-0.39, 0.29) is 6.42 Å². The zero-order valence-corrected chi connectivity index (χ0v) is 8.15. The van der Waals surface area contributed by atoms with E-state index < -0.39 is 5.97 Å². The van der Waals surface area contributed by atoms with E-state index in [1.807, 2.05) is 6.92 Å². The van der Waals surface area contributed by atoms with Crippen LogP contribution in [0.5, 0.6) is 5.88 Å². The minimum atomic E-state index is -0.912. The van der Waals surface area contributed by atoms with Crippen LogP contribution in [0, 0.1) is 6.92 Å². The van der Waals surface area contributed by atoms with Crippen LogP contribution in [0.3, 0.4) is 0 Å². The standard InChI is InChI=1S/C9H12N2O3/c1-3-14-8-4-7(5-9(12)13)10-6(2)11-8/h4H,3,5H2,1-2H3,(H,12,13). The third-order valence-corrected chi connectivity index (χ3v) is 1.49. The Morgan fingerprint density at radius 3 is 2.86 bits per heavy atom. The smallest absolute Gasteiger partial charge is 0.309 e. The molecule has 5 heteroatoms. The van der Waals surface area contributed by atoms with Crippen molar-refractivity contribution in [2.45, 2.75) is 20.3 Å². The van der Waals surface area contributed by atoms with Crippen LogP contribution in [0.25, 0.3) is 0 Å². The molecule has 0 bridgehead atoms. The highest BCUT2D eigenvalue weighted by molar-refractivity contribution is 5.69. The number of aliphatic carboxylic acids is 1. The number of aromatic nitrogens is 2. The molecular weight excluding hydrogens is 184 g/mol.